The van der Waals surface area contributed by atoms with Crippen LogP contribution in [-0.4, -0.2) is 23.8 Å². The van der Waals surface area contributed by atoms with Gasteiger partial charge in [-0.3, -0.25) is 4.79 Å². The van der Waals surface area contributed by atoms with Crippen molar-refractivity contribution in [2.24, 2.45) is 5.41 Å². The number of rotatable bonds is 4. The maximum absolute atomic E-state index is 13.9. The van der Waals surface area contributed by atoms with Crippen molar-refractivity contribution in [3.63, 3.8) is 0 Å². The van der Waals surface area contributed by atoms with Gasteiger partial charge in [0.1, 0.15) is 11.8 Å². The smallest absolute Gasteiger partial charge is 0.185 e. The van der Waals surface area contributed by atoms with E-state index < -0.39 is 23.4 Å². The van der Waals surface area contributed by atoms with E-state index in [0.717, 1.165) is 16.7 Å². The summed E-state index contributed by atoms with van der Waals surface area (Å²) in [6.45, 7) is 0. The maximum atomic E-state index is 13.9. The SMILES string of the molecule is COc1ccc(C(=O)[C@@H]2[C@@H](c3ccsc3)C(C#N)(C#N)[C@@H]3c4ccccc4C=CN23)cc1. The third-order valence-corrected chi connectivity index (χ3v) is 7.19. The van der Waals surface area contributed by atoms with Crippen LogP contribution in [0.4, 0.5) is 0 Å². The number of fused-ring (bicyclic) bond motifs is 3. The molecule has 3 atom stereocenters. The zero-order valence-electron chi connectivity index (χ0n) is 17.3. The van der Waals surface area contributed by atoms with Gasteiger partial charge in [0.05, 0.1) is 25.3 Å². The summed E-state index contributed by atoms with van der Waals surface area (Å²) in [5, 5.41) is 24.7. The number of thiophene rings is 1. The van der Waals surface area contributed by atoms with Gasteiger partial charge >= 0.3 is 0 Å². The number of nitriles is 2. The molecule has 0 aliphatic carbocycles. The Morgan fingerprint density at radius 2 is 1.84 bits per heavy atom. The molecular formula is C26H19N3O2S. The number of nitrogens with zero attached hydrogens (tertiary/aromatic N) is 3. The average molecular weight is 438 g/mol. The fraction of sp³-hybridized carbons (Fsp3) is 0.192. The summed E-state index contributed by atoms with van der Waals surface area (Å²) in [6.07, 6.45) is 3.82. The number of benzene rings is 2. The van der Waals surface area contributed by atoms with Crippen molar-refractivity contribution >= 4 is 23.2 Å². The molecule has 6 heteroatoms. The lowest BCUT2D eigenvalue weighted by Gasteiger charge is -2.34. The first-order valence-corrected chi connectivity index (χ1v) is 11.2. The van der Waals surface area contributed by atoms with Crippen LogP contribution in [0.3, 0.4) is 0 Å². The molecule has 0 N–H and O–H groups in total. The minimum atomic E-state index is -1.42. The fourth-order valence-corrected chi connectivity index (χ4v) is 5.74. The van der Waals surface area contributed by atoms with E-state index in [1.165, 1.54) is 11.3 Å². The van der Waals surface area contributed by atoms with E-state index in [4.69, 9.17) is 4.74 Å². The molecule has 0 spiro atoms. The van der Waals surface area contributed by atoms with Gasteiger partial charge in [-0.1, -0.05) is 24.3 Å². The van der Waals surface area contributed by atoms with Crippen molar-refractivity contribution in [3.8, 4) is 17.9 Å². The summed E-state index contributed by atoms with van der Waals surface area (Å²) >= 11 is 1.50. The van der Waals surface area contributed by atoms with Gasteiger partial charge in [0.15, 0.2) is 11.2 Å². The molecule has 3 heterocycles. The number of hydrogen-bond donors (Lipinski definition) is 0. The minimum absolute atomic E-state index is 0.120. The first-order valence-electron chi connectivity index (χ1n) is 10.2. The summed E-state index contributed by atoms with van der Waals surface area (Å²) in [6, 6.07) is 20.1. The van der Waals surface area contributed by atoms with Gasteiger partial charge in [0.25, 0.3) is 0 Å². The Hall–Kier alpha value is -3.87. The monoisotopic (exact) mass is 437 g/mol. The van der Waals surface area contributed by atoms with Crippen LogP contribution in [0.2, 0.25) is 0 Å². The summed E-state index contributed by atoms with van der Waals surface area (Å²) in [5.41, 5.74) is 1.79. The lowest BCUT2D eigenvalue weighted by Crippen LogP contribution is -2.37. The molecule has 5 rings (SSSR count). The molecule has 3 aromatic rings. The predicted molar refractivity (Wildman–Crippen MR) is 122 cm³/mol. The van der Waals surface area contributed by atoms with Crippen molar-refractivity contribution in [1.82, 2.24) is 4.90 Å². The Kier molecular flexibility index (Phi) is 4.81. The van der Waals surface area contributed by atoms with E-state index in [1.54, 1.807) is 31.4 Å². The highest BCUT2D eigenvalue weighted by Crippen LogP contribution is 2.60. The Labute approximate surface area is 190 Å². The third-order valence-electron chi connectivity index (χ3n) is 6.49. The van der Waals surface area contributed by atoms with Gasteiger partial charge in [-0.25, -0.2) is 0 Å². The molecule has 1 saturated heterocycles. The topological polar surface area (TPSA) is 77.1 Å². The van der Waals surface area contributed by atoms with E-state index >= 15 is 0 Å². The van der Waals surface area contributed by atoms with Crippen LogP contribution in [-0.2, 0) is 0 Å². The fourth-order valence-electron chi connectivity index (χ4n) is 5.05. The van der Waals surface area contributed by atoms with E-state index in [0.29, 0.717) is 11.3 Å². The number of Topliss-reactive ketones (excluding diaryl/α,β-unsaturated/α-hetero) is 1. The van der Waals surface area contributed by atoms with Crippen molar-refractivity contribution in [2.75, 3.05) is 7.11 Å². The minimum Gasteiger partial charge on any atom is -0.497 e. The first-order chi connectivity index (χ1) is 15.6. The van der Waals surface area contributed by atoms with Crippen LogP contribution in [0.25, 0.3) is 6.08 Å². The molecule has 2 aromatic carbocycles. The maximum Gasteiger partial charge on any atom is 0.185 e. The molecule has 156 valence electrons. The molecule has 5 nitrogen and oxygen atoms in total. The van der Waals surface area contributed by atoms with Crippen molar-refractivity contribution in [2.45, 2.75) is 18.0 Å². The second-order valence-electron chi connectivity index (χ2n) is 7.96. The van der Waals surface area contributed by atoms with E-state index in [-0.39, 0.29) is 5.78 Å². The molecule has 0 amide bonds. The highest BCUT2D eigenvalue weighted by Gasteiger charge is 2.63. The second-order valence-corrected chi connectivity index (χ2v) is 8.74. The predicted octanol–water partition coefficient (Wildman–Crippen LogP) is 5.17. The van der Waals surface area contributed by atoms with E-state index in [1.807, 2.05) is 58.3 Å². The largest absolute Gasteiger partial charge is 0.497 e. The molecular weight excluding hydrogens is 418 g/mol. The van der Waals surface area contributed by atoms with Crippen molar-refractivity contribution in [3.05, 3.63) is 93.8 Å². The zero-order chi connectivity index (χ0) is 22.3. The quantitative estimate of drug-likeness (QED) is 0.527. The highest BCUT2D eigenvalue weighted by molar-refractivity contribution is 7.08. The van der Waals surface area contributed by atoms with Gasteiger partial charge < -0.3 is 9.64 Å². The average Bonchev–Trinajstić information content (AvgIpc) is 3.48. The molecule has 0 saturated carbocycles. The van der Waals surface area contributed by atoms with Crippen LogP contribution < -0.4 is 4.74 Å². The summed E-state index contributed by atoms with van der Waals surface area (Å²) in [7, 11) is 1.58. The first kappa shape index (κ1) is 20.1. The summed E-state index contributed by atoms with van der Waals surface area (Å²) < 4.78 is 5.23. The van der Waals surface area contributed by atoms with Crippen LogP contribution in [0, 0.1) is 28.1 Å². The van der Waals surface area contributed by atoms with Crippen molar-refractivity contribution in [1.29, 1.82) is 10.5 Å². The molecule has 1 aromatic heterocycles. The highest BCUT2D eigenvalue weighted by atomic mass is 32.1. The van der Waals surface area contributed by atoms with E-state index in [2.05, 4.69) is 12.1 Å². The zero-order valence-corrected chi connectivity index (χ0v) is 18.1. The van der Waals surface area contributed by atoms with Gasteiger partial charge in [0, 0.05) is 17.7 Å². The number of ether oxygens (including phenoxy) is 1. The number of hydrogen-bond acceptors (Lipinski definition) is 6. The van der Waals surface area contributed by atoms with Gasteiger partial charge in [-0.15, -0.1) is 0 Å². The van der Waals surface area contributed by atoms with Crippen LogP contribution in [0.1, 0.15) is 39.0 Å². The molecule has 2 aliphatic rings. The Balaban J connectivity index is 1.72. The molecule has 32 heavy (non-hydrogen) atoms. The van der Waals surface area contributed by atoms with Crippen LogP contribution in [0.15, 0.2) is 71.6 Å². The van der Waals surface area contributed by atoms with Crippen molar-refractivity contribution < 1.29 is 9.53 Å². The third kappa shape index (κ3) is 2.77. The lowest BCUT2D eigenvalue weighted by atomic mass is 9.68. The molecule has 1 fully saturated rings. The van der Waals surface area contributed by atoms with Gasteiger partial charge in [-0.2, -0.15) is 21.9 Å². The molecule has 0 bridgehead atoms. The number of carbonyl (C=O) groups is 1. The Morgan fingerprint density at radius 1 is 1.09 bits per heavy atom. The van der Waals surface area contributed by atoms with Crippen LogP contribution in [0.5, 0.6) is 5.75 Å². The number of ketones is 1. The Morgan fingerprint density at radius 3 is 2.50 bits per heavy atom. The van der Waals surface area contributed by atoms with E-state index in [9.17, 15) is 15.3 Å². The summed E-state index contributed by atoms with van der Waals surface area (Å²) in [4.78, 5) is 15.8. The Bertz CT molecular complexity index is 1270. The summed E-state index contributed by atoms with van der Waals surface area (Å²) in [5.74, 6) is -0.0557. The standard InChI is InChI=1S/C26H19N3O2S/c1-31-20-8-6-18(7-9-20)24(30)23-22(19-11-13-32-14-19)26(15-27,16-28)25-21-5-3-2-4-17(21)10-12-29(23)25/h2-14,22-23,25H,1H3/t22-,23+,25+/m1/s1. The molecule has 0 unspecified atom stereocenters. The normalized spacial score (nSPS) is 22.3. The number of methoxy groups -OCH3 is 1. The molecule has 0 radical (unpaired) electrons. The molecule has 2 aliphatic heterocycles. The van der Waals surface area contributed by atoms with Gasteiger partial charge in [0.2, 0.25) is 0 Å². The van der Waals surface area contributed by atoms with Crippen LogP contribution >= 0.6 is 11.3 Å². The number of carbonyl (C=O) groups excluding carboxylic acids is 1. The lowest BCUT2D eigenvalue weighted by molar-refractivity contribution is 0.0875. The van der Waals surface area contributed by atoms with Gasteiger partial charge in [-0.05, 0) is 63.9 Å². The second kappa shape index (κ2) is 7.67.